The Morgan fingerprint density at radius 2 is 1.76 bits per heavy atom. The van der Waals surface area contributed by atoms with Crippen LogP contribution in [0.2, 0.25) is 0 Å². The van der Waals surface area contributed by atoms with Crippen LogP contribution in [-0.2, 0) is 9.47 Å². The fourth-order valence-electron chi connectivity index (χ4n) is 6.30. The molecule has 0 amide bonds. The molecular formula is C30H27F2N3O5S. The molecule has 0 N–H and O–H groups in total. The third-order valence-corrected chi connectivity index (χ3v) is 9.37. The van der Waals surface area contributed by atoms with Gasteiger partial charge in [-0.25, -0.2) is 23.4 Å². The van der Waals surface area contributed by atoms with Crippen molar-refractivity contribution in [1.29, 1.82) is 0 Å². The standard InChI is InChI=1S/C30H27F2N3O5S/c1-14-10-16(28(36)38-2)11-22-25(14)33-30(41-22)35-17-8-9-18(35)13-19(12-17)39-29(37)24-26(34-40-27(24)15-6-7-15)23-20(31)4-3-5-21(23)32/h3-5,10-11,15,17-19H,6-9,12-13H2,1-2H3/t17-,18+,19+. The fourth-order valence-corrected chi connectivity index (χ4v) is 7.52. The van der Waals surface area contributed by atoms with Gasteiger partial charge in [-0.2, -0.15) is 0 Å². The van der Waals surface area contributed by atoms with Crippen LogP contribution in [0, 0.1) is 18.6 Å². The monoisotopic (exact) mass is 579 g/mol. The molecule has 41 heavy (non-hydrogen) atoms. The summed E-state index contributed by atoms with van der Waals surface area (Å²) in [6.07, 6.45) is 4.37. The van der Waals surface area contributed by atoms with Crippen molar-refractivity contribution in [2.45, 2.75) is 69.6 Å². The molecule has 11 heteroatoms. The van der Waals surface area contributed by atoms with Crippen LogP contribution in [-0.4, -0.2) is 47.4 Å². The number of aromatic nitrogens is 2. The second kappa shape index (κ2) is 9.90. The van der Waals surface area contributed by atoms with Gasteiger partial charge in [0, 0.05) is 30.8 Å². The molecule has 2 aromatic carbocycles. The summed E-state index contributed by atoms with van der Waals surface area (Å²) in [5.41, 5.74) is 1.75. The number of nitrogens with zero attached hydrogens (tertiary/aromatic N) is 3. The fraction of sp³-hybridized carbons (Fsp3) is 0.400. The van der Waals surface area contributed by atoms with Gasteiger partial charge in [-0.1, -0.05) is 22.6 Å². The lowest BCUT2D eigenvalue weighted by molar-refractivity contribution is 0.0202. The number of piperidine rings is 1. The first kappa shape index (κ1) is 26.1. The maximum atomic E-state index is 14.7. The smallest absolute Gasteiger partial charge is 0.344 e. The van der Waals surface area contributed by atoms with E-state index in [1.165, 1.54) is 13.2 Å². The van der Waals surface area contributed by atoms with Gasteiger partial charge in [-0.15, -0.1) is 0 Å². The zero-order chi connectivity index (χ0) is 28.4. The van der Waals surface area contributed by atoms with Gasteiger partial charge in [0.25, 0.3) is 0 Å². The topological polar surface area (TPSA) is 94.8 Å². The molecule has 0 unspecified atom stereocenters. The van der Waals surface area contributed by atoms with Gasteiger partial charge in [0.2, 0.25) is 0 Å². The first-order valence-corrected chi connectivity index (χ1v) is 14.6. The van der Waals surface area contributed by atoms with E-state index in [0.717, 1.165) is 58.7 Å². The molecule has 2 aliphatic heterocycles. The van der Waals surface area contributed by atoms with Gasteiger partial charge in [-0.3, -0.25) is 0 Å². The average molecular weight is 580 g/mol. The van der Waals surface area contributed by atoms with Crippen LogP contribution in [0.4, 0.5) is 13.9 Å². The van der Waals surface area contributed by atoms with Crippen LogP contribution < -0.4 is 4.90 Å². The molecule has 4 aromatic rings. The number of ether oxygens (including phenoxy) is 2. The highest BCUT2D eigenvalue weighted by Gasteiger charge is 2.45. The number of methoxy groups -OCH3 is 1. The Morgan fingerprint density at radius 3 is 2.41 bits per heavy atom. The first-order chi connectivity index (χ1) is 19.8. The second-order valence-electron chi connectivity index (χ2n) is 11.1. The molecule has 8 nitrogen and oxygen atoms in total. The molecule has 2 aromatic heterocycles. The van der Waals surface area contributed by atoms with Crippen molar-refractivity contribution in [3.8, 4) is 11.3 Å². The normalized spacial score (nSPS) is 21.9. The molecule has 0 radical (unpaired) electrons. The number of benzene rings is 2. The Kier molecular flexibility index (Phi) is 6.29. The summed E-state index contributed by atoms with van der Waals surface area (Å²) in [6, 6.07) is 7.39. The number of hydrogen-bond donors (Lipinski definition) is 0. The van der Waals surface area contributed by atoms with E-state index in [1.807, 2.05) is 13.0 Å². The van der Waals surface area contributed by atoms with Crippen molar-refractivity contribution in [2.75, 3.05) is 12.0 Å². The Balaban J connectivity index is 1.13. The number of esters is 2. The highest BCUT2D eigenvalue weighted by molar-refractivity contribution is 7.22. The van der Waals surface area contributed by atoms with Crippen molar-refractivity contribution >= 4 is 38.6 Å². The Morgan fingerprint density at radius 1 is 1.05 bits per heavy atom. The summed E-state index contributed by atoms with van der Waals surface area (Å²) < 4.78 is 46.6. The number of carbonyl (C=O) groups is 2. The molecule has 2 saturated heterocycles. The summed E-state index contributed by atoms with van der Waals surface area (Å²) in [4.78, 5) is 32.9. The van der Waals surface area contributed by atoms with E-state index in [1.54, 1.807) is 17.4 Å². The van der Waals surface area contributed by atoms with E-state index in [-0.39, 0.29) is 46.9 Å². The number of anilines is 1. The van der Waals surface area contributed by atoms with Gasteiger partial charge in [0.1, 0.15) is 29.0 Å². The maximum Gasteiger partial charge on any atom is 0.344 e. The summed E-state index contributed by atoms with van der Waals surface area (Å²) in [6.45, 7) is 1.93. The zero-order valence-electron chi connectivity index (χ0n) is 22.5. The van der Waals surface area contributed by atoms with Crippen LogP contribution in [0.5, 0.6) is 0 Å². The van der Waals surface area contributed by atoms with Crippen molar-refractivity contribution in [3.63, 3.8) is 0 Å². The van der Waals surface area contributed by atoms with E-state index in [2.05, 4.69) is 10.1 Å². The molecule has 212 valence electrons. The lowest BCUT2D eigenvalue weighted by Gasteiger charge is -2.38. The highest BCUT2D eigenvalue weighted by atomic mass is 32.1. The van der Waals surface area contributed by atoms with Crippen molar-refractivity contribution in [1.82, 2.24) is 10.1 Å². The highest BCUT2D eigenvalue weighted by Crippen LogP contribution is 2.46. The van der Waals surface area contributed by atoms with E-state index in [9.17, 15) is 18.4 Å². The molecule has 3 aliphatic rings. The third kappa shape index (κ3) is 4.46. The first-order valence-electron chi connectivity index (χ1n) is 13.7. The van der Waals surface area contributed by atoms with Gasteiger partial charge in [0.05, 0.1) is 28.5 Å². The molecule has 1 saturated carbocycles. The lowest BCUT2D eigenvalue weighted by atomic mass is 9.99. The van der Waals surface area contributed by atoms with Crippen LogP contribution in [0.25, 0.3) is 21.5 Å². The van der Waals surface area contributed by atoms with Gasteiger partial charge < -0.3 is 18.9 Å². The Labute approximate surface area is 238 Å². The largest absolute Gasteiger partial charge is 0.465 e. The SMILES string of the molecule is COC(=O)c1cc(C)c2nc(N3[C@@H]4CC[C@H]3C[C@@H](OC(=O)c3c(-c5c(F)cccc5F)noc3C3CC3)C4)sc2c1. The van der Waals surface area contributed by atoms with Gasteiger partial charge in [-0.05, 0) is 62.4 Å². The maximum absolute atomic E-state index is 14.7. The number of fused-ring (bicyclic) bond motifs is 3. The second-order valence-corrected chi connectivity index (χ2v) is 12.1. The number of rotatable bonds is 6. The number of aryl methyl sites for hydroxylation is 1. The summed E-state index contributed by atoms with van der Waals surface area (Å²) in [7, 11) is 1.36. The average Bonchev–Trinajstić information content (AvgIpc) is 3.45. The van der Waals surface area contributed by atoms with Crippen molar-refractivity contribution in [3.05, 3.63) is 64.4 Å². The minimum absolute atomic E-state index is 0.00569. The van der Waals surface area contributed by atoms with Crippen LogP contribution in [0.1, 0.15) is 76.5 Å². The lowest BCUT2D eigenvalue weighted by Crippen LogP contribution is -2.46. The quantitative estimate of drug-likeness (QED) is 0.237. The Hall–Kier alpha value is -3.86. The van der Waals surface area contributed by atoms with E-state index >= 15 is 0 Å². The predicted octanol–water partition coefficient (Wildman–Crippen LogP) is 6.56. The molecule has 1 aliphatic carbocycles. The number of halogens is 2. The van der Waals surface area contributed by atoms with Gasteiger partial charge >= 0.3 is 11.9 Å². The molecule has 2 bridgehead atoms. The van der Waals surface area contributed by atoms with E-state index in [4.69, 9.17) is 19.0 Å². The molecule has 3 fully saturated rings. The van der Waals surface area contributed by atoms with Crippen LogP contribution >= 0.6 is 11.3 Å². The molecule has 3 atom stereocenters. The van der Waals surface area contributed by atoms with Gasteiger partial charge in [0.15, 0.2) is 10.9 Å². The molecule has 7 rings (SSSR count). The van der Waals surface area contributed by atoms with Crippen molar-refractivity contribution in [2.24, 2.45) is 0 Å². The van der Waals surface area contributed by atoms with Crippen molar-refractivity contribution < 1.29 is 32.4 Å². The number of carbonyl (C=O) groups excluding carboxylic acids is 2. The minimum Gasteiger partial charge on any atom is -0.465 e. The summed E-state index contributed by atoms with van der Waals surface area (Å²) >= 11 is 1.54. The molecular weight excluding hydrogens is 552 g/mol. The summed E-state index contributed by atoms with van der Waals surface area (Å²) in [5, 5.41) is 4.81. The molecule has 4 heterocycles. The van der Waals surface area contributed by atoms with Crippen LogP contribution in [0.15, 0.2) is 34.9 Å². The zero-order valence-corrected chi connectivity index (χ0v) is 23.3. The molecule has 0 spiro atoms. The van der Waals surface area contributed by atoms with Crippen LogP contribution in [0.3, 0.4) is 0 Å². The van der Waals surface area contributed by atoms with E-state index < -0.39 is 17.6 Å². The number of thiazole rings is 1. The predicted molar refractivity (Wildman–Crippen MR) is 147 cm³/mol. The third-order valence-electron chi connectivity index (χ3n) is 8.35. The Bertz CT molecular complexity index is 1660. The minimum atomic E-state index is -0.814. The van der Waals surface area contributed by atoms with E-state index in [0.29, 0.717) is 24.2 Å². The summed E-state index contributed by atoms with van der Waals surface area (Å²) in [5.74, 6) is -2.34. The number of hydrogen-bond acceptors (Lipinski definition) is 9.